The summed E-state index contributed by atoms with van der Waals surface area (Å²) in [6.45, 7) is -0.407. The van der Waals surface area contributed by atoms with Gasteiger partial charge in [-0.05, 0) is 42.1 Å². The molecule has 2 aromatic carbocycles. The molecule has 0 unspecified atom stereocenters. The van der Waals surface area contributed by atoms with Crippen LogP contribution in [0, 0.1) is 5.82 Å². The summed E-state index contributed by atoms with van der Waals surface area (Å²) in [7, 11) is 1.47. The van der Waals surface area contributed by atoms with Gasteiger partial charge in [-0.1, -0.05) is 6.07 Å². The number of benzene rings is 2. The Morgan fingerprint density at radius 3 is 2.77 bits per heavy atom. The molecule has 0 radical (unpaired) electrons. The second-order valence-electron chi connectivity index (χ2n) is 6.27. The maximum Gasteiger partial charge on any atom is 0.294 e. The monoisotopic (exact) mass is 430 g/mol. The Labute approximate surface area is 174 Å². The maximum atomic E-state index is 13.2. The van der Waals surface area contributed by atoms with Gasteiger partial charge in [0.15, 0.2) is 11.5 Å². The van der Waals surface area contributed by atoms with E-state index in [2.05, 4.69) is 5.32 Å². The van der Waals surface area contributed by atoms with E-state index < -0.39 is 29.4 Å². The summed E-state index contributed by atoms with van der Waals surface area (Å²) in [5, 5.41) is 1.87. The molecule has 10 heteroatoms. The normalized spacial score (nSPS) is 16.3. The van der Waals surface area contributed by atoms with Gasteiger partial charge in [-0.25, -0.2) is 4.39 Å². The Balaban J connectivity index is 1.51. The van der Waals surface area contributed by atoms with E-state index >= 15 is 0 Å². The maximum absolute atomic E-state index is 13.2. The van der Waals surface area contributed by atoms with Crippen LogP contribution in [0.25, 0.3) is 6.08 Å². The molecule has 1 fully saturated rings. The standard InChI is InChI=1S/C20H15FN2O6S/c1-27-14-8-16-15(28-10-29-16)5-11(14)6-17-19(25)23(20(26)30-17)9-18(24)22-13-4-2-3-12(21)7-13/h2-8H,9-10H2,1H3,(H,22,24)/b17-6+. The van der Waals surface area contributed by atoms with Gasteiger partial charge in [0, 0.05) is 17.3 Å². The third-order valence-corrected chi connectivity index (χ3v) is 5.20. The zero-order valence-electron chi connectivity index (χ0n) is 15.6. The summed E-state index contributed by atoms with van der Waals surface area (Å²) in [6.07, 6.45) is 1.50. The van der Waals surface area contributed by atoms with Crippen LogP contribution in [-0.2, 0) is 9.59 Å². The predicted molar refractivity (Wildman–Crippen MR) is 107 cm³/mol. The first-order chi connectivity index (χ1) is 14.4. The fourth-order valence-corrected chi connectivity index (χ4v) is 3.75. The molecule has 8 nitrogen and oxygen atoms in total. The number of halogens is 1. The average molecular weight is 430 g/mol. The van der Waals surface area contributed by atoms with Crippen molar-refractivity contribution < 1.29 is 33.0 Å². The number of carbonyl (C=O) groups is 3. The number of anilines is 1. The quantitative estimate of drug-likeness (QED) is 0.728. The van der Waals surface area contributed by atoms with E-state index in [1.807, 2.05) is 0 Å². The SMILES string of the molecule is COc1cc2c(cc1/C=C1/SC(=O)N(CC(=O)Nc3cccc(F)c3)C1=O)OCO2. The molecule has 0 aromatic heterocycles. The van der Waals surface area contributed by atoms with Crippen LogP contribution in [0.1, 0.15) is 5.56 Å². The van der Waals surface area contributed by atoms with Gasteiger partial charge in [0.2, 0.25) is 12.7 Å². The molecule has 0 bridgehead atoms. The van der Waals surface area contributed by atoms with Crippen LogP contribution in [0.4, 0.5) is 14.9 Å². The second-order valence-corrected chi connectivity index (χ2v) is 7.27. The van der Waals surface area contributed by atoms with Gasteiger partial charge < -0.3 is 19.5 Å². The van der Waals surface area contributed by atoms with Gasteiger partial charge in [0.25, 0.3) is 11.1 Å². The van der Waals surface area contributed by atoms with Crippen molar-refractivity contribution in [2.75, 3.05) is 25.8 Å². The number of nitrogens with one attached hydrogen (secondary N) is 1. The molecular formula is C20H15FN2O6S. The van der Waals surface area contributed by atoms with Crippen molar-refractivity contribution in [1.29, 1.82) is 0 Å². The highest BCUT2D eigenvalue weighted by molar-refractivity contribution is 8.18. The molecule has 2 aromatic rings. The van der Waals surface area contributed by atoms with Crippen LogP contribution in [0.15, 0.2) is 41.3 Å². The Bertz CT molecular complexity index is 1090. The number of thioether (sulfide) groups is 1. The van der Waals surface area contributed by atoms with Gasteiger partial charge in [-0.15, -0.1) is 0 Å². The largest absolute Gasteiger partial charge is 0.496 e. The van der Waals surface area contributed by atoms with E-state index in [9.17, 15) is 18.8 Å². The van der Waals surface area contributed by atoms with E-state index in [1.165, 1.54) is 31.4 Å². The first-order valence-electron chi connectivity index (χ1n) is 8.73. The molecule has 154 valence electrons. The van der Waals surface area contributed by atoms with Gasteiger partial charge in [-0.2, -0.15) is 0 Å². The van der Waals surface area contributed by atoms with Gasteiger partial charge in [-0.3, -0.25) is 19.3 Å². The van der Waals surface area contributed by atoms with Crippen molar-refractivity contribution in [3.05, 3.63) is 52.7 Å². The minimum atomic E-state index is -0.621. The van der Waals surface area contributed by atoms with Gasteiger partial charge in [0.05, 0.1) is 12.0 Å². The highest BCUT2D eigenvalue weighted by atomic mass is 32.2. The lowest BCUT2D eigenvalue weighted by Crippen LogP contribution is -2.36. The average Bonchev–Trinajstić information content (AvgIpc) is 3.26. The van der Waals surface area contributed by atoms with Crippen LogP contribution in [-0.4, -0.2) is 42.4 Å². The number of ether oxygens (including phenoxy) is 3. The minimum Gasteiger partial charge on any atom is -0.496 e. The van der Waals surface area contributed by atoms with Crippen molar-refractivity contribution in [3.8, 4) is 17.2 Å². The van der Waals surface area contributed by atoms with Crippen LogP contribution in [0.2, 0.25) is 0 Å². The molecule has 1 N–H and O–H groups in total. The van der Waals surface area contributed by atoms with Crippen molar-refractivity contribution in [1.82, 2.24) is 4.90 Å². The van der Waals surface area contributed by atoms with Crippen LogP contribution >= 0.6 is 11.8 Å². The lowest BCUT2D eigenvalue weighted by molar-refractivity contribution is -0.127. The summed E-state index contributed by atoms with van der Waals surface area (Å²) in [4.78, 5) is 38.1. The second kappa shape index (κ2) is 8.07. The summed E-state index contributed by atoms with van der Waals surface area (Å²) < 4.78 is 29.2. The van der Waals surface area contributed by atoms with Gasteiger partial charge >= 0.3 is 0 Å². The van der Waals surface area contributed by atoms with Crippen LogP contribution in [0.3, 0.4) is 0 Å². The number of hydrogen-bond donors (Lipinski definition) is 1. The number of nitrogens with zero attached hydrogens (tertiary/aromatic N) is 1. The van der Waals surface area contributed by atoms with Crippen molar-refractivity contribution >= 4 is 40.6 Å². The summed E-state index contributed by atoms with van der Waals surface area (Å²) in [6, 6.07) is 8.59. The predicted octanol–water partition coefficient (Wildman–Crippen LogP) is 3.24. The molecule has 30 heavy (non-hydrogen) atoms. The molecule has 2 heterocycles. The number of imide groups is 1. The zero-order chi connectivity index (χ0) is 21.3. The fraction of sp³-hybridized carbons (Fsp3) is 0.150. The van der Waals surface area contributed by atoms with Crippen molar-refractivity contribution in [2.24, 2.45) is 0 Å². The molecule has 0 atom stereocenters. The molecular weight excluding hydrogens is 415 g/mol. The Hall–Kier alpha value is -3.53. The third kappa shape index (κ3) is 3.94. The first kappa shape index (κ1) is 19.8. The molecule has 2 aliphatic rings. The number of fused-ring (bicyclic) bond motifs is 1. The summed E-state index contributed by atoms with van der Waals surface area (Å²) >= 11 is 0.711. The van der Waals surface area contributed by atoms with E-state index in [-0.39, 0.29) is 17.4 Å². The number of rotatable bonds is 5. The van der Waals surface area contributed by atoms with E-state index in [0.717, 1.165) is 11.0 Å². The Morgan fingerprint density at radius 2 is 2.03 bits per heavy atom. The number of hydrogen-bond acceptors (Lipinski definition) is 7. The highest BCUT2D eigenvalue weighted by Gasteiger charge is 2.36. The molecule has 0 saturated carbocycles. The summed E-state index contributed by atoms with van der Waals surface area (Å²) in [5.41, 5.74) is 0.754. The topological polar surface area (TPSA) is 94.2 Å². The third-order valence-electron chi connectivity index (χ3n) is 4.30. The number of amides is 3. The fourth-order valence-electron chi connectivity index (χ4n) is 2.92. The van der Waals surface area contributed by atoms with Gasteiger partial charge in [0.1, 0.15) is 18.1 Å². The van der Waals surface area contributed by atoms with Crippen molar-refractivity contribution in [2.45, 2.75) is 0 Å². The van der Waals surface area contributed by atoms with Crippen LogP contribution in [0.5, 0.6) is 17.2 Å². The molecule has 4 rings (SSSR count). The van der Waals surface area contributed by atoms with E-state index in [4.69, 9.17) is 14.2 Å². The van der Waals surface area contributed by atoms with Crippen LogP contribution < -0.4 is 19.5 Å². The Kier molecular flexibility index (Phi) is 5.32. The molecule has 0 aliphatic carbocycles. The molecule has 1 saturated heterocycles. The molecule has 3 amide bonds. The highest BCUT2D eigenvalue weighted by Crippen LogP contribution is 2.40. The lowest BCUT2D eigenvalue weighted by Gasteiger charge is -2.12. The number of methoxy groups -OCH3 is 1. The lowest BCUT2D eigenvalue weighted by atomic mass is 10.1. The number of carbonyl (C=O) groups excluding carboxylic acids is 3. The van der Waals surface area contributed by atoms with Crippen molar-refractivity contribution in [3.63, 3.8) is 0 Å². The minimum absolute atomic E-state index is 0.0822. The summed E-state index contributed by atoms with van der Waals surface area (Å²) in [5.74, 6) is -0.291. The molecule has 0 spiro atoms. The Morgan fingerprint density at radius 1 is 1.27 bits per heavy atom. The first-order valence-corrected chi connectivity index (χ1v) is 9.54. The smallest absolute Gasteiger partial charge is 0.294 e. The zero-order valence-corrected chi connectivity index (χ0v) is 16.5. The van der Waals surface area contributed by atoms with E-state index in [1.54, 1.807) is 12.1 Å². The molecule has 2 aliphatic heterocycles. The van der Waals surface area contributed by atoms with E-state index in [0.29, 0.717) is 34.6 Å².